The number of likely N-dealkylation sites (N-methyl/N-ethyl adjacent to an activating group) is 1. The van der Waals surface area contributed by atoms with Gasteiger partial charge >= 0.3 is 12.1 Å². The molecular weight excluding hydrogens is 284 g/mol. The zero-order valence-electron chi connectivity index (χ0n) is 12.3. The fourth-order valence-electron chi connectivity index (χ4n) is 2.26. The van der Waals surface area contributed by atoms with Crippen molar-refractivity contribution in [3.63, 3.8) is 0 Å². The van der Waals surface area contributed by atoms with Gasteiger partial charge in [0.25, 0.3) is 0 Å². The van der Waals surface area contributed by atoms with E-state index >= 15 is 0 Å². The number of H-pyrrole nitrogens is 1. The number of nitrogens with zero attached hydrogens (tertiary/aromatic N) is 1. The van der Waals surface area contributed by atoms with E-state index in [0.29, 0.717) is 0 Å². The summed E-state index contributed by atoms with van der Waals surface area (Å²) in [6, 6.07) is 6.61. The normalized spacial score (nSPS) is 11.9. The number of aromatic amines is 1. The summed E-state index contributed by atoms with van der Waals surface area (Å²) in [6.07, 6.45) is 2.70. The number of benzene rings is 1. The van der Waals surface area contributed by atoms with Crippen LogP contribution >= 0.6 is 0 Å². The van der Waals surface area contributed by atoms with Crippen molar-refractivity contribution in [1.29, 1.82) is 0 Å². The lowest BCUT2D eigenvalue weighted by atomic mass is 10.0. The van der Waals surface area contributed by atoms with Crippen molar-refractivity contribution < 1.29 is 19.4 Å². The number of carboxylic acids is 1. The minimum atomic E-state index is -1.08. The molecule has 0 aliphatic rings. The maximum atomic E-state index is 11.8. The minimum Gasteiger partial charge on any atom is -0.480 e. The molecule has 0 radical (unpaired) electrons. The van der Waals surface area contributed by atoms with E-state index in [-0.39, 0.29) is 13.0 Å². The molecule has 6 heteroatoms. The number of amides is 1. The lowest BCUT2D eigenvalue weighted by Crippen LogP contribution is -2.44. The first-order chi connectivity index (χ1) is 10.5. The topological polar surface area (TPSA) is 82.6 Å². The third kappa shape index (κ3) is 3.28. The third-order valence-electron chi connectivity index (χ3n) is 3.45. The molecule has 1 heterocycles. The van der Waals surface area contributed by atoms with Crippen LogP contribution in [0.1, 0.15) is 5.56 Å². The monoisotopic (exact) mass is 302 g/mol. The molecule has 1 aromatic carbocycles. The van der Waals surface area contributed by atoms with Gasteiger partial charge in [0.2, 0.25) is 0 Å². The first-order valence-corrected chi connectivity index (χ1v) is 6.83. The van der Waals surface area contributed by atoms with Crippen molar-refractivity contribution in [2.45, 2.75) is 12.5 Å². The number of ether oxygens (including phenoxy) is 1. The highest BCUT2D eigenvalue weighted by Gasteiger charge is 2.28. The Morgan fingerprint density at radius 3 is 2.86 bits per heavy atom. The second kappa shape index (κ2) is 6.80. The average Bonchev–Trinajstić information content (AvgIpc) is 2.92. The highest BCUT2D eigenvalue weighted by molar-refractivity contribution is 5.85. The summed E-state index contributed by atoms with van der Waals surface area (Å²) in [5, 5.41) is 10.4. The Labute approximate surface area is 128 Å². The molecule has 2 aromatic rings. The Balaban J connectivity index is 2.20. The van der Waals surface area contributed by atoms with Crippen LogP contribution in [-0.2, 0) is 16.0 Å². The Morgan fingerprint density at radius 1 is 1.45 bits per heavy atom. The molecule has 22 heavy (non-hydrogen) atoms. The molecule has 0 saturated carbocycles. The largest absolute Gasteiger partial charge is 0.480 e. The molecule has 0 aliphatic heterocycles. The first kappa shape index (κ1) is 15.6. The van der Waals surface area contributed by atoms with Gasteiger partial charge in [0.1, 0.15) is 12.6 Å². The van der Waals surface area contributed by atoms with E-state index in [1.807, 2.05) is 24.3 Å². The number of fused-ring (bicyclic) bond motifs is 1. The third-order valence-corrected chi connectivity index (χ3v) is 3.45. The summed E-state index contributed by atoms with van der Waals surface area (Å²) in [4.78, 5) is 27.5. The number of para-hydroxylation sites is 1. The van der Waals surface area contributed by atoms with Gasteiger partial charge in [-0.15, -0.1) is 0 Å². The van der Waals surface area contributed by atoms with Crippen molar-refractivity contribution in [2.75, 3.05) is 13.7 Å². The molecule has 2 rings (SSSR count). The molecule has 116 valence electrons. The number of rotatable bonds is 6. The van der Waals surface area contributed by atoms with Crippen molar-refractivity contribution in [2.24, 2.45) is 0 Å². The molecular formula is C16H18N2O4. The van der Waals surface area contributed by atoms with E-state index in [1.165, 1.54) is 13.1 Å². The summed E-state index contributed by atoms with van der Waals surface area (Å²) < 4.78 is 4.89. The van der Waals surface area contributed by atoms with Crippen molar-refractivity contribution in [3.05, 3.63) is 48.7 Å². The molecule has 0 saturated heterocycles. The fraction of sp³-hybridized carbons (Fsp3) is 0.250. The molecule has 0 fully saturated rings. The van der Waals surface area contributed by atoms with Crippen LogP contribution in [0.4, 0.5) is 4.79 Å². The Kier molecular flexibility index (Phi) is 4.83. The van der Waals surface area contributed by atoms with Gasteiger partial charge in [-0.1, -0.05) is 30.9 Å². The van der Waals surface area contributed by atoms with Crippen LogP contribution < -0.4 is 0 Å². The van der Waals surface area contributed by atoms with E-state index < -0.39 is 18.1 Å². The predicted molar refractivity (Wildman–Crippen MR) is 82.7 cm³/mol. The van der Waals surface area contributed by atoms with Gasteiger partial charge in [0, 0.05) is 30.6 Å². The van der Waals surface area contributed by atoms with Gasteiger partial charge in [0.05, 0.1) is 0 Å². The second-order valence-corrected chi connectivity index (χ2v) is 4.89. The van der Waals surface area contributed by atoms with Crippen molar-refractivity contribution in [1.82, 2.24) is 9.88 Å². The summed E-state index contributed by atoms with van der Waals surface area (Å²) in [7, 11) is 1.42. The maximum absolute atomic E-state index is 11.8. The van der Waals surface area contributed by atoms with Gasteiger partial charge < -0.3 is 14.8 Å². The highest BCUT2D eigenvalue weighted by Crippen LogP contribution is 2.20. The fourth-order valence-corrected chi connectivity index (χ4v) is 2.26. The van der Waals surface area contributed by atoms with Crippen LogP contribution in [0.2, 0.25) is 0 Å². The summed E-state index contributed by atoms with van der Waals surface area (Å²) in [5.41, 5.74) is 1.77. The van der Waals surface area contributed by atoms with Crippen LogP contribution in [0, 0.1) is 0 Å². The van der Waals surface area contributed by atoms with E-state index in [4.69, 9.17) is 4.74 Å². The number of aliphatic carboxylic acids is 1. The number of aromatic nitrogens is 1. The molecule has 0 spiro atoms. The highest BCUT2D eigenvalue weighted by atomic mass is 16.6. The van der Waals surface area contributed by atoms with Crippen molar-refractivity contribution in [3.8, 4) is 0 Å². The number of carbonyl (C=O) groups excluding carboxylic acids is 1. The van der Waals surface area contributed by atoms with Crippen molar-refractivity contribution >= 4 is 23.0 Å². The quantitative estimate of drug-likeness (QED) is 0.803. The van der Waals surface area contributed by atoms with Crippen LogP contribution in [0.15, 0.2) is 43.1 Å². The molecule has 6 nitrogen and oxygen atoms in total. The molecule has 0 bridgehead atoms. The Morgan fingerprint density at radius 2 is 2.18 bits per heavy atom. The smallest absolute Gasteiger partial charge is 0.410 e. The standard InChI is InChI=1S/C16H18N2O4/c1-3-8-22-16(21)18(2)14(15(19)20)9-11-10-17-13-7-5-4-6-12(11)13/h3-7,10,14,17H,1,8-9H2,2H3,(H,19,20). The molecule has 0 aliphatic carbocycles. The minimum absolute atomic E-state index is 0.0442. The van der Waals surface area contributed by atoms with E-state index in [0.717, 1.165) is 21.4 Å². The second-order valence-electron chi connectivity index (χ2n) is 4.89. The Bertz CT molecular complexity index is 692. The maximum Gasteiger partial charge on any atom is 0.410 e. The molecule has 1 aromatic heterocycles. The van der Waals surface area contributed by atoms with E-state index in [1.54, 1.807) is 6.20 Å². The molecule has 1 amide bonds. The zero-order valence-corrected chi connectivity index (χ0v) is 12.3. The van der Waals surface area contributed by atoms with Crippen LogP contribution in [-0.4, -0.2) is 46.7 Å². The summed E-state index contributed by atoms with van der Waals surface area (Å²) >= 11 is 0. The molecule has 1 atom stereocenters. The van der Waals surface area contributed by atoms with E-state index in [2.05, 4.69) is 11.6 Å². The van der Waals surface area contributed by atoms with Gasteiger partial charge in [-0.25, -0.2) is 9.59 Å². The average molecular weight is 302 g/mol. The first-order valence-electron chi connectivity index (χ1n) is 6.83. The predicted octanol–water partition coefficient (Wildman–Crippen LogP) is 2.42. The van der Waals surface area contributed by atoms with Crippen LogP contribution in [0.3, 0.4) is 0 Å². The van der Waals surface area contributed by atoms with Crippen LogP contribution in [0.25, 0.3) is 10.9 Å². The zero-order chi connectivity index (χ0) is 16.1. The number of carboxylic acid groups (broad SMARTS) is 1. The van der Waals surface area contributed by atoms with Gasteiger partial charge in [0.15, 0.2) is 0 Å². The van der Waals surface area contributed by atoms with Gasteiger partial charge in [-0.3, -0.25) is 4.90 Å². The van der Waals surface area contributed by atoms with Crippen LogP contribution in [0.5, 0.6) is 0 Å². The lowest BCUT2D eigenvalue weighted by molar-refractivity contribution is -0.142. The summed E-state index contributed by atoms with van der Waals surface area (Å²) in [6.45, 7) is 3.49. The lowest BCUT2D eigenvalue weighted by Gasteiger charge is -2.23. The number of hydrogen-bond donors (Lipinski definition) is 2. The van der Waals surface area contributed by atoms with E-state index in [9.17, 15) is 14.7 Å². The summed E-state index contributed by atoms with van der Waals surface area (Å²) in [5.74, 6) is -1.08. The SMILES string of the molecule is C=CCOC(=O)N(C)C(Cc1c[nH]c2ccccc12)C(=O)O. The Hall–Kier alpha value is -2.76. The van der Waals surface area contributed by atoms with Gasteiger partial charge in [-0.05, 0) is 11.6 Å². The molecule has 1 unspecified atom stereocenters. The van der Waals surface area contributed by atoms with Gasteiger partial charge in [-0.2, -0.15) is 0 Å². The number of nitrogens with one attached hydrogen (secondary N) is 1. The molecule has 2 N–H and O–H groups in total. The number of carbonyl (C=O) groups is 2. The number of hydrogen-bond acceptors (Lipinski definition) is 3.